The minimum atomic E-state index is -0.196. The number of hydrogen-bond donors (Lipinski definition) is 1. The monoisotopic (exact) mass is 344 g/mol. The van der Waals surface area contributed by atoms with Crippen molar-refractivity contribution in [3.05, 3.63) is 35.9 Å². The lowest BCUT2D eigenvalue weighted by atomic mass is 10.0. The number of carbonyl (C=O) groups is 1. The van der Waals surface area contributed by atoms with Gasteiger partial charge >= 0.3 is 0 Å². The van der Waals surface area contributed by atoms with Gasteiger partial charge in [-0.25, -0.2) is 0 Å². The Morgan fingerprint density at radius 1 is 1.45 bits per heavy atom. The number of nitrogens with two attached hydrogens (primary N) is 1. The van der Waals surface area contributed by atoms with Gasteiger partial charge in [-0.3, -0.25) is 4.79 Å². The fourth-order valence-electron chi connectivity index (χ4n) is 2.78. The third-order valence-electron chi connectivity index (χ3n) is 3.95. The smallest absolute Gasteiger partial charge is 0.225 e. The summed E-state index contributed by atoms with van der Waals surface area (Å²) in [6.07, 6.45) is 0.159. The van der Waals surface area contributed by atoms with Crippen LogP contribution in [0.1, 0.15) is 24.9 Å². The molecule has 22 heavy (non-hydrogen) atoms. The van der Waals surface area contributed by atoms with Crippen molar-refractivity contribution in [1.82, 2.24) is 4.90 Å². The average molecular weight is 345 g/mol. The number of nitrogens with zero attached hydrogens (tertiary/aromatic N) is 1. The van der Waals surface area contributed by atoms with E-state index in [0.29, 0.717) is 18.2 Å². The zero-order valence-corrected chi connectivity index (χ0v) is 14.7. The summed E-state index contributed by atoms with van der Waals surface area (Å²) in [5.74, 6) is 1.12. The zero-order chi connectivity index (χ0) is 15.2. The maximum absolute atomic E-state index is 12.6. The number of halogens is 1. The average Bonchev–Trinajstić information content (AvgIpc) is 2.53. The largest absolute Gasteiger partial charge is 0.380 e. The summed E-state index contributed by atoms with van der Waals surface area (Å²) < 4.78 is 5.25. The van der Waals surface area contributed by atoms with Crippen molar-refractivity contribution in [3.8, 4) is 0 Å². The Kier molecular flexibility index (Phi) is 8.25. The van der Waals surface area contributed by atoms with Crippen LogP contribution in [0.15, 0.2) is 30.3 Å². The second-order valence-corrected chi connectivity index (χ2v) is 6.80. The van der Waals surface area contributed by atoms with E-state index in [1.165, 1.54) is 5.56 Å². The Labute approximate surface area is 143 Å². The second kappa shape index (κ2) is 9.40. The first kappa shape index (κ1) is 19.3. The van der Waals surface area contributed by atoms with Crippen LogP contribution in [-0.4, -0.2) is 48.1 Å². The second-order valence-electron chi connectivity index (χ2n) is 5.32. The number of methoxy groups -OCH3 is 1. The van der Waals surface area contributed by atoms with E-state index in [4.69, 9.17) is 10.5 Å². The van der Waals surface area contributed by atoms with Gasteiger partial charge in [-0.05, 0) is 5.56 Å². The van der Waals surface area contributed by atoms with Crippen LogP contribution in [0, 0.1) is 0 Å². The molecule has 0 aliphatic carbocycles. The summed E-state index contributed by atoms with van der Waals surface area (Å²) in [4.78, 5) is 14.6. The lowest BCUT2D eigenvalue weighted by Gasteiger charge is -2.40. The molecule has 1 fully saturated rings. The molecule has 0 saturated carbocycles. The van der Waals surface area contributed by atoms with Crippen LogP contribution in [-0.2, 0) is 9.53 Å². The molecule has 0 radical (unpaired) electrons. The van der Waals surface area contributed by atoms with Crippen LogP contribution in [0.2, 0.25) is 0 Å². The SMILES string of the molecule is COC(CN)CC(=O)N1CCSC(C)C1c1ccccc1.Cl. The molecule has 6 heteroatoms. The molecular weight excluding hydrogens is 320 g/mol. The first-order valence-corrected chi connectivity index (χ1v) is 8.41. The number of carbonyl (C=O) groups excluding carboxylic acids is 1. The summed E-state index contributed by atoms with van der Waals surface area (Å²) in [5.41, 5.74) is 6.84. The van der Waals surface area contributed by atoms with Gasteiger partial charge in [0.25, 0.3) is 0 Å². The predicted molar refractivity (Wildman–Crippen MR) is 94.5 cm³/mol. The zero-order valence-electron chi connectivity index (χ0n) is 13.1. The summed E-state index contributed by atoms with van der Waals surface area (Å²) in [7, 11) is 1.61. The van der Waals surface area contributed by atoms with E-state index < -0.39 is 0 Å². The summed E-state index contributed by atoms with van der Waals surface area (Å²) in [5, 5.41) is 0.393. The Morgan fingerprint density at radius 2 is 2.14 bits per heavy atom. The van der Waals surface area contributed by atoms with Crippen molar-refractivity contribution in [2.75, 3.05) is 26.0 Å². The van der Waals surface area contributed by atoms with Crippen molar-refractivity contribution in [3.63, 3.8) is 0 Å². The minimum Gasteiger partial charge on any atom is -0.380 e. The number of benzene rings is 1. The van der Waals surface area contributed by atoms with Crippen molar-refractivity contribution in [2.24, 2.45) is 5.73 Å². The molecule has 0 bridgehead atoms. The van der Waals surface area contributed by atoms with E-state index in [9.17, 15) is 4.79 Å². The van der Waals surface area contributed by atoms with Crippen molar-refractivity contribution in [2.45, 2.75) is 30.7 Å². The van der Waals surface area contributed by atoms with Gasteiger partial charge in [0.15, 0.2) is 0 Å². The van der Waals surface area contributed by atoms with E-state index in [-0.39, 0.29) is 30.5 Å². The van der Waals surface area contributed by atoms with Gasteiger partial charge in [0.2, 0.25) is 5.91 Å². The van der Waals surface area contributed by atoms with Crippen LogP contribution in [0.5, 0.6) is 0 Å². The molecule has 1 amide bonds. The third kappa shape index (κ3) is 4.62. The maximum atomic E-state index is 12.6. The number of hydrogen-bond acceptors (Lipinski definition) is 4. The van der Waals surface area contributed by atoms with Crippen LogP contribution in [0.3, 0.4) is 0 Å². The first-order chi connectivity index (χ1) is 10.2. The lowest BCUT2D eigenvalue weighted by molar-refractivity contribution is -0.136. The van der Waals surface area contributed by atoms with Gasteiger partial charge in [0.05, 0.1) is 18.6 Å². The molecule has 4 nitrogen and oxygen atoms in total. The highest BCUT2D eigenvalue weighted by atomic mass is 35.5. The molecule has 1 aliphatic heterocycles. The lowest BCUT2D eigenvalue weighted by Crippen LogP contribution is -2.45. The van der Waals surface area contributed by atoms with Crippen LogP contribution >= 0.6 is 24.2 Å². The normalized spacial score (nSPS) is 22.8. The molecule has 3 unspecified atom stereocenters. The Balaban J connectivity index is 0.00000242. The molecular formula is C16H25ClN2O2S. The molecule has 1 heterocycles. The van der Waals surface area contributed by atoms with Gasteiger partial charge in [-0.15, -0.1) is 12.4 Å². The van der Waals surface area contributed by atoms with Crippen molar-refractivity contribution < 1.29 is 9.53 Å². The van der Waals surface area contributed by atoms with Gasteiger partial charge in [-0.2, -0.15) is 11.8 Å². The van der Waals surface area contributed by atoms with E-state index >= 15 is 0 Å². The van der Waals surface area contributed by atoms with Crippen molar-refractivity contribution in [1.29, 1.82) is 0 Å². The van der Waals surface area contributed by atoms with Gasteiger partial charge in [-0.1, -0.05) is 37.3 Å². The van der Waals surface area contributed by atoms with E-state index in [0.717, 1.165) is 12.3 Å². The third-order valence-corrected chi connectivity index (χ3v) is 5.16. The molecule has 1 aliphatic rings. The summed E-state index contributed by atoms with van der Waals surface area (Å²) in [6.45, 7) is 3.35. The van der Waals surface area contributed by atoms with Crippen LogP contribution in [0.4, 0.5) is 0 Å². The van der Waals surface area contributed by atoms with Crippen LogP contribution in [0.25, 0.3) is 0 Å². The molecule has 0 spiro atoms. The molecule has 2 rings (SSSR count). The topological polar surface area (TPSA) is 55.6 Å². The summed E-state index contributed by atoms with van der Waals surface area (Å²) in [6, 6.07) is 10.4. The fourth-order valence-corrected chi connectivity index (χ4v) is 3.94. The first-order valence-electron chi connectivity index (χ1n) is 7.36. The van der Waals surface area contributed by atoms with Gasteiger partial charge in [0.1, 0.15) is 0 Å². The Morgan fingerprint density at radius 3 is 2.73 bits per heavy atom. The highest BCUT2D eigenvalue weighted by Gasteiger charge is 2.33. The van der Waals surface area contributed by atoms with E-state index in [1.54, 1.807) is 7.11 Å². The minimum absolute atomic E-state index is 0. The number of ether oxygens (including phenoxy) is 1. The van der Waals surface area contributed by atoms with Crippen LogP contribution < -0.4 is 5.73 Å². The van der Waals surface area contributed by atoms with Gasteiger partial charge in [0, 0.05) is 31.2 Å². The molecule has 124 valence electrons. The fraction of sp³-hybridized carbons (Fsp3) is 0.562. The molecule has 0 aromatic heterocycles. The highest BCUT2D eigenvalue weighted by Crippen LogP contribution is 2.36. The van der Waals surface area contributed by atoms with E-state index in [1.807, 2.05) is 34.9 Å². The van der Waals surface area contributed by atoms with Crippen molar-refractivity contribution >= 4 is 30.1 Å². The maximum Gasteiger partial charge on any atom is 0.225 e. The molecule has 1 saturated heterocycles. The number of thioether (sulfide) groups is 1. The van der Waals surface area contributed by atoms with E-state index in [2.05, 4.69) is 19.1 Å². The molecule has 1 aromatic rings. The Bertz CT molecular complexity index is 457. The number of rotatable bonds is 5. The molecule has 1 aromatic carbocycles. The standard InChI is InChI=1S/C16H24N2O2S.ClH/c1-12-16(13-6-4-3-5-7-13)18(8-9-21-12)15(19)10-14(11-17)20-2;/h3-7,12,14,16H,8-11,17H2,1-2H3;1H. The molecule has 2 N–H and O–H groups in total. The quantitative estimate of drug-likeness (QED) is 0.891. The van der Waals surface area contributed by atoms with Gasteiger partial charge < -0.3 is 15.4 Å². The summed E-state index contributed by atoms with van der Waals surface area (Å²) >= 11 is 1.92. The Hall–Kier alpha value is -0.750. The predicted octanol–water partition coefficient (Wildman–Crippen LogP) is 2.48. The molecule has 3 atom stereocenters. The number of amides is 1. The highest BCUT2D eigenvalue weighted by molar-refractivity contribution is 8.00.